The van der Waals surface area contributed by atoms with Gasteiger partial charge in [0, 0.05) is 17.7 Å². The fraction of sp³-hybridized carbons (Fsp3) is 0.242. The number of fused-ring (bicyclic) bond motifs is 3. The Morgan fingerprint density at radius 2 is 1.73 bits per heavy atom. The second-order valence-electron chi connectivity index (χ2n) is 10.7. The van der Waals surface area contributed by atoms with E-state index in [9.17, 15) is 9.90 Å². The number of amides is 1. The third kappa shape index (κ3) is 4.12. The molecule has 2 aromatic heterocycles. The van der Waals surface area contributed by atoms with E-state index in [0.29, 0.717) is 29.0 Å². The van der Waals surface area contributed by atoms with Gasteiger partial charge in [-0.2, -0.15) is 0 Å². The Bertz CT molecular complexity index is 1640. The Labute approximate surface area is 236 Å². The number of nitrogens with zero attached hydrogens (tertiary/aromatic N) is 3. The molecule has 2 aliphatic carbocycles. The lowest BCUT2D eigenvalue weighted by Crippen LogP contribution is -2.38. The molecule has 7 rings (SSSR count). The summed E-state index contributed by atoms with van der Waals surface area (Å²) in [5.41, 5.74) is 3.57. The van der Waals surface area contributed by atoms with Crippen molar-refractivity contribution in [1.82, 2.24) is 9.97 Å². The van der Waals surface area contributed by atoms with Crippen LogP contribution in [-0.2, 0) is 12.0 Å². The number of hydrogen-bond donors (Lipinski definition) is 1. The lowest BCUT2D eigenvalue weighted by Gasteiger charge is -2.40. The van der Waals surface area contributed by atoms with Gasteiger partial charge >= 0.3 is 6.09 Å². The predicted molar refractivity (Wildman–Crippen MR) is 157 cm³/mol. The number of carbonyl (C=O) groups is 1. The molecular formula is C33H29N3O3S. The van der Waals surface area contributed by atoms with Crippen LogP contribution in [0.1, 0.15) is 41.9 Å². The van der Waals surface area contributed by atoms with Crippen molar-refractivity contribution < 1.29 is 14.6 Å². The van der Waals surface area contributed by atoms with Gasteiger partial charge in [-0.05, 0) is 60.9 Å². The van der Waals surface area contributed by atoms with Crippen LogP contribution in [0.5, 0.6) is 5.75 Å². The highest BCUT2D eigenvalue weighted by Gasteiger charge is 2.55. The molecule has 7 heteroatoms. The van der Waals surface area contributed by atoms with Gasteiger partial charge in [-0.3, -0.25) is 4.98 Å². The van der Waals surface area contributed by atoms with E-state index in [1.54, 1.807) is 23.6 Å². The zero-order valence-corrected chi connectivity index (χ0v) is 22.8. The van der Waals surface area contributed by atoms with Crippen LogP contribution in [0, 0.1) is 11.8 Å². The van der Waals surface area contributed by atoms with Crippen LogP contribution in [0.25, 0.3) is 10.2 Å². The minimum atomic E-state index is -1.07. The zero-order chi connectivity index (χ0) is 27.1. The van der Waals surface area contributed by atoms with Gasteiger partial charge in [-0.1, -0.05) is 67.1 Å². The second kappa shape index (κ2) is 10.1. The molecule has 1 N–H and O–H groups in total. The van der Waals surface area contributed by atoms with E-state index in [1.807, 2.05) is 60.7 Å². The van der Waals surface area contributed by atoms with E-state index in [4.69, 9.17) is 14.7 Å². The first kappa shape index (κ1) is 24.8. The van der Waals surface area contributed by atoms with Crippen LogP contribution < -0.4 is 9.64 Å². The van der Waals surface area contributed by atoms with Gasteiger partial charge in [0.25, 0.3) is 0 Å². The minimum absolute atomic E-state index is 0.239. The molecule has 0 saturated heterocycles. The molecule has 3 unspecified atom stereocenters. The number of anilines is 2. The van der Waals surface area contributed by atoms with E-state index in [-0.39, 0.29) is 6.61 Å². The molecule has 0 radical (unpaired) electrons. The number of aromatic nitrogens is 2. The van der Waals surface area contributed by atoms with Crippen LogP contribution in [-0.4, -0.2) is 21.2 Å². The molecule has 200 valence electrons. The first-order chi connectivity index (χ1) is 19.6. The van der Waals surface area contributed by atoms with Gasteiger partial charge < -0.3 is 9.84 Å². The molecular weight excluding hydrogens is 518 g/mol. The van der Waals surface area contributed by atoms with Crippen LogP contribution in [0.3, 0.4) is 0 Å². The summed E-state index contributed by atoms with van der Waals surface area (Å²) in [5.74, 6) is 1.48. The van der Waals surface area contributed by atoms with Crippen LogP contribution in [0.2, 0.25) is 0 Å². The average Bonchev–Trinajstić information content (AvgIpc) is 3.72. The summed E-state index contributed by atoms with van der Waals surface area (Å²) in [6.07, 6.45) is 5.10. The molecule has 6 nitrogen and oxygen atoms in total. The first-order valence-electron chi connectivity index (χ1n) is 13.7. The number of benzene rings is 3. The van der Waals surface area contributed by atoms with Crippen molar-refractivity contribution >= 4 is 39.0 Å². The molecule has 3 aromatic carbocycles. The Hall–Kier alpha value is -4.23. The molecule has 40 heavy (non-hydrogen) atoms. The fourth-order valence-electron chi connectivity index (χ4n) is 6.97. The lowest BCUT2D eigenvalue weighted by atomic mass is 9.65. The molecule has 3 atom stereocenters. The molecule has 2 saturated carbocycles. The molecule has 2 fully saturated rings. The third-order valence-electron chi connectivity index (χ3n) is 8.57. The summed E-state index contributed by atoms with van der Waals surface area (Å²) in [7, 11) is 0. The Morgan fingerprint density at radius 3 is 2.42 bits per heavy atom. The summed E-state index contributed by atoms with van der Waals surface area (Å²) in [5, 5.41) is 11.5. The molecule has 2 aliphatic rings. The number of pyridine rings is 1. The maximum atomic E-state index is 13.0. The number of ether oxygens (including phenoxy) is 1. The number of hydrogen-bond acceptors (Lipinski definition) is 5. The first-order valence-corrected chi connectivity index (χ1v) is 14.6. The summed E-state index contributed by atoms with van der Waals surface area (Å²) in [6, 6.07) is 29.6. The normalized spacial score (nSPS) is 21.5. The van der Waals surface area contributed by atoms with Crippen molar-refractivity contribution in [3.8, 4) is 5.75 Å². The highest BCUT2D eigenvalue weighted by molar-refractivity contribution is 7.18. The number of thiazole rings is 1. The van der Waals surface area contributed by atoms with Gasteiger partial charge in [-0.25, -0.2) is 14.7 Å². The molecule has 5 aromatic rings. The topological polar surface area (TPSA) is 75.5 Å². The molecule has 0 spiro atoms. The molecule has 1 amide bonds. The highest BCUT2D eigenvalue weighted by atomic mass is 32.1. The summed E-state index contributed by atoms with van der Waals surface area (Å²) >= 11 is 1.59. The minimum Gasteiger partial charge on any atom is -0.484 e. The zero-order valence-electron chi connectivity index (χ0n) is 21.9. The van der Waals surface area contributed by atoms with Gasteiger partial charge in [0.05, 0.1) is 21.6 Å². The molecule has 2 heterocycles. The SMILES string of the molecule is O=C(O)N(c1ccccc1)c1c(OCc2nc3ccccc3s2)ccnc1C1(c2ccccc2)CC2CCC1C2. The maximum absolute atomic E-state index is 13.0. The van der Waals surface area contributed by atoms with Gasteiger partial charge in [0.2, 0.25) is 0 Å². The standard InChI is InChI=1S/C33H29N3O3S/c37-32(38)36(25-11-5-2-6-12-25)30-27(39-21-29-35-26-13-7-8-14-28(26)40-29)17-18-34-31(30)33(23-9-3-1-4-10-23)20-22-15-16-24(33)19-22/h1-14,17-18,22,24H,15-16,19-21H2,(H,37,38). The third-order valence-corrected chi connectivity index (χ3v) is 9.58. The average molecular weight is 548 g/mol. The van der Waals surface area contributed by atoms with Gasteiger partial charge in [0.1, 0.15) is 23.1 Å². The molecule has 0 aliphatic heterocycles. The van der Waals surface area contributed by atoms with Crippen LogP contribution in [0.4, 0.5) is 16.2 Å². The summed E-state index contributed by atoms with van der Waals surface area (Å²) in [6.45, 7) is 0.239. The highest BCUT2D eigenvalue weighted by Crippen LogP contribution is 2.62. The van der Waals surface area contributed by atoms with Crippen LogP contribution >= 0.6 is 11.3 Å². The lowest BCUT2D eigenvalue weighted by molar-refractivity contribution is 0.204. The van der Waals surface area contributed by atoms with E-state index in [0.717, 1.165) is 40.2 Å². The van der Waals surface area contributed by atoms with E-state index >= 15 is 0 Å². The smallest absolute Gasteiger partial charge is 0.416 e. The summed E-state index contributed by atoms with van der Waals surface area (Å²) in [4.78, 5) is 24.1. The van der Waals surface area contributed by atoms with Crippen molar-refractivity contribution in [3.05, 3.63) is 113 Å². The maximum Gasteiger partial charge on any atom is 0.416 e. The Balaban J connectivity index is 1.41. The largest absolute Gasteiger partial charge is 0.484 e. The number of para-hydroxylation sites is 2. The van der Waals surface area contributed by atoms with Crippen molar-refractivity contribution in [2.75, 3.05) is 4.90 Å². The Morgan fingerprint density at radius 1 is 0.975 bits per heavy atom. The number of rotatable bonds is 7. The predicted octanol–water partition coefficient (Wildman–Crippen LogP) is 8.19. The number of carboxylic acid groups (broad SMARTS) is 1. The van der Waals surface area contributed by atoms with E-state index in [1.165, 1.54) is 16.9 Å². The monoisotopic (exact) mass is 547 g/mol. The van der Waals surface area contributed by atoms with Gasteiger partial charge in [0.15, 0.2) is 0 Å². The van der Waals surface area contributed by atoms with Crippen molar-refractivity contribution in [2.45, 2.75) is 37.7 Å². The van der Waals surface area contributed by atoms with Crippen molar-refractivity contribution in [3.63, 3.8) is 0 Å². The Kier molecular flexibility index (Phi) is 6.24. The quantitative estimate of drug-likeness (QED) is 0.222. The van der Waals surface area contributed by atoms with E-state index < -0.39 is 11.5 Å². The van der Waals surface area contributed by atoms with Crippen molar-refractivity contribution in [2.24, 2.45) is 11.8 Å². The second-order valence-corrected chi connectivity index (χ2v) is 11.9. The van der Waals surface area contributed by atoms with Crippen LogP contribution in [0.15, 0.2) is 97.2 Å². The summed E-state index contributed by atoms with van der Waals surface area (Å²) < 4.78 is 7.57. The van der Waals surface area contributed by atoms with E-state index in [2.05, 4.69) is 24.3 Å². The van der Waals surface area contributed by atoms with Gasteiger partial charge in [-0.15, -0.1) is 11.3 Å². The van der Waals surface area contributed by atoms with Crippen molar-refractivity contribution in [1.29, 1.82) is 0 Å². The molecule has 2 bridgehead atoms. The fourth-order valence-corrected chi connectivity index (χ4v) is 7.86.